The fourth-order valence-electron chi connectivity index (χ4n) is 4.50. The average Bonchev–Trinajstić information content (AvgIpc) is 3.17. The summed E-state index contributed by atoms with van der Waals surface area (Å²) in [6.45, 7) is 9.17. The second-order valence-electron chi connectivity index (χ2n) is 9.97. The van der Waals surface area contributed by atoms with Crippen LogP contribution >= 0.6 is 11.3 Å². The smallest absolute Gasteiger partial charge is 0.259 e. The molecule has 0 unspecified atom stereocenters. The minimum absolute atomic E-state index is 0.0145. The number of hydrogen-bond donors (Lipinski definition) is 2. The normalized spacial score (nSPS) is 13.7. The number of hydrogen-bond acceptors (Lipinski definition) is 6. The summed E-state index contributed by atoms with van der Waals surface area (Å²) in [6, 6.07) is 9.72. The zero-order chi connectivity index (χ0) is 26.0. The van der Waals surface area contributed by atoms with E-state index in [0.717, 1.165) is 46.6 Å². The fourth-order valence-corrected chi connectivity index (χ4v) is 5.54. The molecule has 1 aliphatic rings. The minimum atomic E-state index is -0.983. The predicted octanol–water partition coefficient (Wildman–Crippen LogP) is 4.93. The third-order valence-electron chi connectivity index (χ3n) is 6.04. The van der Waals surface area contributed by atoms with Crippen LogP contribution in [0.5, 0.6) is 0 Å². The Hall–Kier alpha value is -3.23. The standard InChI is InChI=1S/C28H34N4O3S/c1-5-10-31(11-6-2)26(33)20-13-18-7-8-19(14-22(18)30-25(29)15-20)24-16-21-23(36-24)9-12-32(27(21)34)17-28(3,4)35/h7-9,12-14,16,35H,5-6,10-11,15,17H2,1-4H3,(H2,29,30). The van der Waals surface area contributed by atoms with E-state index in [2.05, 4.69) is 18.8 Å². The van der Waals surface area contributed by atoms with Gasteiger partial charge in [0.05, 0.1) is 23.2 Å². The van der Waals surface area contributed by atoms with Crippen molar-refractivity contribution in [3.63, 3.8) is 0 Å². The zero-order valence-electron chi connectivity index (χ0n) is 21.4. The molecule has 3 aromatic rings. The van der Waals surface area contributed by atoms with Gasteiger partial charge in [0, 0.05) is 46.4 Å². The lowest BCUT2D eigenvalue weighted by Crippen LogP contribution is -2.34. The summed E-state index contributed by atoms with van der Waals surface area (Å²) >= 11 is 1.54. The van der Waals surface area contributed by atoms with E-state index in [1.54, 1.807) is 24.6 Å². The maximum atomic E-state index is 13.2. The number of thiophene rings is 1. The number of aliphatic hydroxyl groups is 1. The molecule has 0 fully saturated rings. The Morgan fingerprint density at radius 2 is 1.92 bits per heavy atom. The van der Waals surface area contributed by atoms with Crippen molar-refractivity contribution >= 4 is 44.9 Å². The van der Waals surface area contributed by atoms with E-state index in [1.165, 1.54) is 11.3 Å². The molecular weight excluding hydrogens is 472 g/mol. The van der Waals surface area contributed by atoms with Crippen LogP contribution in [0.4, 0.5) is 5.69 Å². The van der Waals surface area contributed by atoms with Gasteiger partial charge in [0.15, 0.2) is 0 Å². The first-order valence-electron chi connectivity index (χ1n) is 12.4. The van der Waals surface area contributed by atoms with Crippen molar-refractivity contribution in [2.45, 2.75) is 59.1 Å². The average molecular weight is 507 g/mol. The molecule has 0 saturated carbocycles. The minimum Gasteiger partial charge on any atom is -0.389 e. The van der Waals surface area contributed by atoms with Gasteiger partial charge in [-0.15, -0.1) is 11.3 Å². The summed E-state index contributed by atoms with van der Waals surface area (Å²) in [5.74, 6) is 0.421. The van der Waals surface area contributed by atoms with Crippen LogP contribution in [0.1, 0.15) is 52.5 Å². The molecule has 0 aliphatic carbocycles. The number of aromatic nitrogens is 1. The lowest BCUT2D eigenvalue weighted by Gasteiger charge is -2.22. The quantitative estimate of drug-likeness (QED) is 0.453. The number of aliphatic imine (C=N–C) groups is 1. The molecule has 0 spiro atoms. The summed E-state index contributed by atoms with van der Waals surface area (Å²) in [6.07, 6.45) is 5.76. The first-order chi connectivity index (χ1) is 17.1. The fraction of sp³-hybridized carbons (Fsp3) is 0.393. The Bertz CT molecular complexity index is 1400. The Balaban J connectivity index is 1.70. The molecule has 36 heavy (non-hydrogen) atoms. The summed E-state index contributed by atoms with van der Waals surface area (Å²) in [5.41, 5.74) is 8.28. The lowest BCUT2D eigenvalue weighted by molar-refractivity contribution is -0.127. The van der Waals surface area contributed by atoms with E-state index in [-0.39, 0.29) is 18.0 Å². The number of benzene rings is 1. The summed E-state index contributed by atoms with van der Waals surface area (Å²) in [4.78, 5) is 33.7. The Morgan fingerprint density at radius 1 is 1.19 bits per heavy atom. The van der Waals surface area contributed by atoms with E-state index in [0.29, 0.717) is 28.9 Å². The first-order valence-corrected chi connectivity index (χ1v) is 13.2. The molecule has 1 aliphatic heterocycles. The molecule has 4 rings (SSSR count). The number of amides is 1. The molecular formula is C28H34N4O3S. The summed E-state index contributed by atoms with van der Waals surface area (Å²) < 4.78 is 2.43. The monoisotopic (exact) mass is 506 g/mol. The SMILES string of the molecule is CCCN(CCC)C(=O)C1=Cc2ccc(-c3cc4c(=O)n(CC(C)(C)O)ccc4s3)cc2N=C(N)C1. The van der Waals surface area contributed by atoms with Gasteiger partial charge in [0.1, 0.15) is 5.84 Å². The number of fused-ring (bicyclic) bond motifs is 2. The molecule has 0 radical (unpaired) electrons. The Morgan fingerprint density at radius 3 is 2.58 bits per heavy atom. The summed E-state index contributed by atoms with van der Waals surface area (Å²) in [7, 11) is 0. The number of carbonyl (C=O) groups is 1. The molecule has 8 heteroatoms. The molecule has 7 nitrogen and oxygen atoms in total. The molecule has 2 aromatic heterocycles. The maximum absolute atomic E-state index is 13.2. The Labute approximate surface area is 215 Å². The largest absolute Gasteiger partial charge is 0.389 e. The van der Waals surface area contributed by atoms with Crippen LogP contribution in [-0.4, -0.2) is 45.0 Å². The molecule has 1 amide bonds. The van der Waals surface area contributed by atoms with Crippen LogP contribution in [0.25, 0.3) is 26.6 Å². The van der Waals surface area contributed by atoms with Crippen molar-refractivity contribution in [2.75, 3.05) is 13.1 Å². The van der Waals surface area contributed by atoms with Gasteiger partial charge in [-0.05, 0) is 56.5 Å². The number of carbonyl (C=O) groups excluding carboxylic acids is 1. The van der Waals surface area contributed by atoms with Crippen molar-refractivity contribution in [1.29, 1.82) is 0 Å². The molecule has 0 bridgehead atoms. The van der Waals surface area contributed by atoms with Gasteiger partial charge in [-0.1, -0.05) is 26.0 Å². The van der Waals surface area contributed by atoms with Crippen LogP contribution in [0.3, 0.4) is 0 Å². The number of amidine groups is 1. The lowest BCUT2D eigenvalue weighted by atomic mass is 10.0. The van der Waals surface area contributed by atoms with Crippen molar-refractivity contribution in [3.05, 3.63) is 58.0 Å². The third-order valence-corrected chi connectivity index (χ3v) is 7.19. The predicted molar refractivity (Wildman–Crippen MR) is 149 cm³/mol. The van der Waals surface area contributed by atoms with E-state index in [1.807, 2.05) is 41.3 Å². The molecule has 0 atom stereocenters. The number of rotatable bonds is 8. The van der Waals surface area contributed by atoms with Gasteiger partial charge in [0.2, 0.25) is 5.91 Å². The molecule has 3 N–H and O–H groups in total. The molecule has 3 heterocycles. The highest BCUT2D eigenvalue weighted by molar-refractivity contribution is 7.22. The number of nitrogens with two attached hydrogens (primary N) is 1. The second-order valence-corrected chi connectivity index (χ2v) is 11.0. The van der Waals surface area contributed by atoms with Gasteiger partial charge in [0.25, 0.3) is 5.56 Å². The third kappa shape index (κ3) is 5.60. The van der Waals surface area contributed by atoms with Crippen molar-refractivity contribution in [2.24, 2.45) is 10.7 Å². The van der Waals surface area contributed by atoms with Gasteiger partial charge in [-0.3, -0.25) is 9.59 Å². The van der Waals surface area contributed by atoms with Crippen LogP contribution in [-0.2, 0) is 11.3 Å². The molecule has 0 saturated heterocycles. The van der Waals surface area contributed by atoms with Crippen LogP contribution in [0.15, 0.2) is 51.9 Å². The van der Waals surface area contributed by atoms with E-state index < -0.39 is 5.60 Å². The van der Waals surface area contributed by atoms with Crippen LogP contribution in [0.2, 0.25) is 0 Å². The number of pyridine rings is 1. The molecule has 1 aromatic carbocycles. The second kappa shape index (κ2) is 10.4. The van der Waals surface area contributed by atoms with Gasteiger partial charge in [-0.25, -0.2) is 4.99 Å². The van der Waals surface area contributed by atoms with E-state index >= 15 is 0 Å². The topological polar surface area (TPSA) is 101 Å². The van der Waals surface area contributed by atoms with E-state index in [9.17, 15) is 14.7 Å². The van der Waals surface area contributed by atoms with Gasteiger partial charge in [-0.2, -0.15) is 0 Å². The van der Waals surface area contributed by atoms with Crippen molar-refractivity contribution < 1.29 is 9.90 Å². The van der Waals surface area contributed by atoms with Crippen molar-refractivity contribution in [3.8, 4) is 10.4 Å². The highest BCUT2D eigenvalue weighted by Crippen LogP contribution is 2.36. The maximum Gasteiger partial charge on any atom is 0.259 e. The van der Waals surface area contributed by atoms with Crippen LogP contribution < -0.4 is 11.3 Å². The van der Waals surface area contributed by atoms with Crippen molar-refractivity contribution in [1.82, 2.24) is 9.47 Å². The first kappa shape index (κ1) is 25.9. The van der Waals surface area contributed by atoms with Crippen LogP contribution in [0, 0.1) is 0 Å². The molecule has 190 valence electrons. The highest BCUT2D eigenvalue weighted by atomic mass is 32.1. The summed E-state index contributed by atoms with van der Waals surface area (Å²) in [5, 5.41) is 10.8. The number of nitrogens with zero attached hydrogens (tertiary/aromatic N) is 3. The zero-order valence-corrected chi connectivity index (χ0v) is 22.2. The van der Waals surface area contributed by atoms with E-state index in [4.69, 9.17) is 5.73 Å². The Kier molecular flexibility index (Phi) is 7.47. The highest BCUT2D eigenvalue weighted by Gasteiger charge is 2.21. The van der Waals surface area contributed by atoms with Gasteiger partial charge >= 0.3 is 0 Å². The van der Waals surface area contributed by atoms with Gasteiger partial charge < -0.3 is 20.3 Å².